The summed E-state index contributed by atoms with van der Waals surface area (Å²) in [6.45, 7) is 4.21. The molecule has 0 saturated carbocycles. The highest BCUT2D eigenvalue weighted by Crippen LogP contribution is 2.18. The molecule has 1 heterocycles. The Morgan fingerprint density at radius 2 is 2.29 bits per heavy atom. The summed E-state index contributed by atoms with van der Waals surface area (Å²) in [5.41, 5.74) is 0.402. The molecule has 1 amide bonds. The first kappa shape index (κ1) is 12.5. The van der Waals surface area contributed by atoms with Crippen LogP contribution in [0.25, 0.3) is 0 Å². The topological polar surface area (TPSA) is 32.3 Å². The molecule has 17 heavy (non-hydrogen) atoms. The van der Waals surface area contributed by atoms with Crippen LogP contribution in [0.1, 0.15) is 17.3 Å². The Balaban J connectivity index is 2.19. The van der Waals surface area contributed by atoms with Crippen molar-refractivity contribution in [1.82, 2.24) is 10.2 Å². The van der Waals surface area contributed by atoms with E-state index in [1.54, 1.807) is 17.0 Å². The minimum absolute atomic E-state index is 0.106. The molecule has 1 aliphatic rings. The van der Waals surface area contributed by atoms with Crippen LogP contribution in [0.5, 0.6) is 0 Å². The maximum Gasteiger partial charge on any atom is 0.254 e. The first-order valence-electron chi connectivity index (χ1n) is 5.60. The van der Waals surface area contributed by atoms with Crippen LogP contribution in [0.15, 0.2) is 22.7 Å². The maximum atomic E-state index is 13.4. The van der Waals surface area contributed by atoms with Crippen LogP contribution in [-0.4, -0.2) is 36.5 Å². The van der Waals surface area contributed by atoms with Crippen molar-refractivity contribution in [3.8, 4) is 0 Å². The molecule has 1 aliphatic heterocycles. The number of hydrogen-bond donors (Lipinski definition) is 1. The fourth-order valence-corrected chi connectivity index (χ4v) is 2.10. The maximum absolute atomic E-state index is 13.4. The molecule has 1 aromatic carbocycles. The molecule has 1 aromatic rings. The monoisotopic (exact) mass is 300 g/mol. The molecule has 1 fully saturated rings. The van der Waals surface area contributed by atoms with Gasteiger partial charge in [-0.05, 0) is 41.1 Å². The first-order valence-corrected chi connectivity index (χ1v) is 6.39. The largest absolute Gasteiger partial charge is 0.333 e. The van der Waals surface area contributed by atoms with Gasteiger partial charge in [0, 0.05) is 25.2 Å². The Bertz CT molecular complexity index is 435. The zero-order valence-corrected chi connectivity index (χ0v) is 11.1. The zero-order valence-electron chi connectivity index (χ0n) is 9.54. The van der Waals surface area contributed by atoms with Gasteiger partial charge < -0.3 is 10.2 Å². The number of hydrogen-bond acceptors (Lipinski definition) is 2. The van der Waals surface area contributed by atoms with Crippen LogP contribution < -0.4 is 5.32 Å². The van der Waals surface area contributed by atoms with E-state index in [1.165, 1.54) is 6.07 Å². The molecule has 0 aliphatic carbocycles. The van der Waals surface area contributed by atoms with Gasteiger partial charge in [0.2, 0.25) is 0 Å². The van der Waals surface area contributed by atoms with Crippen LogP contribution in [0.2, 0.25) is 0 Å². The Morgan fingerprint density at radius 3 is 2.76 bits per heavy atom. The Labute approximate surface area is 108 Å². The van der Waals surface area contributed by atoms with E-state index in [1.807, 2.05) is 6.92 Å². The molecule has 1 saturated heterocycles. The minimum atomic E-state index is -0.404. The van der Waals surface area contributed by atoms with Crippen LogP contribution in [0, 0.1) is 5.82 Å². The predicted octanol–water partition coefficient (Wildman–Crippen LogP) is 2.02. The van der Waals surface area contributed by atoms with Gasteiger partial charge in [0.05, 0.1) is 10.5 Å². The van der Waals surface area contributed by atoms with E-state index in [0.717, 1.165) is 13.1 Å². The summed E-state index contributed by atoms with van der Waals surface area (Å²) in [6, 6.07) is 4.72. The van der Waals surface area contributed by atoms with Crippen molar-refractivity contribution in [2.45, 2.75) is 13.0 Å². The molecule has 92 valence electrons. The number of rotatable bonds is 3. The number of likely N-dealkylation sites (N-methyl/N-ethyl adjacent to an activating group) is 1. The van der Waals surface area contributed by atoms with Crippen molar-refractivity contribution in [1.29, 1.82) is 0 Å². The van der Waals surface area contributed by atoms with Gasteiger partial charge in [0.15, 0.2) is 0 Å². The van der Waals surface area contributed by atoms with Crippen molar-refractivity contribution < 1.29 is 9.18 Å². The minimum Gasteiger partial charge on any atom is -0.333 e. The van der Waals surface area contributed by atoms with Crippen molar-refractivity contribution >= 4 is 21.8 Å². The number of carbonyl (C=O) groups is 1. The van der Waals surface area contributed by atoms with E-state index in [0.29, 0.717) is 16.6 Å². The third-order valence-corrected chi connectivity index (χ3v) is 3.61. The van der Waals surface area contributed by atoms with Crippen LogP contribution in [0.3, 0.4) is 0 Å². The summed E-state index contributed by atoms with van der Waals surface area (Å²) in [5.74, 6) is -0.510. The fraction of sp³-hybridized carbons (Fsp3) is 0.417. The molecule has 0 bridgehead atoms. The van der Waals surface area contributed by atoms with Gasteiger partial charge in [-0.1, -0.05) is 0 Å². The highest BCUT2D eigenvalue weighted by Gasteiger charge is 2.28. The molecular weight excluding hydrogens is 287 g/mol. The summed E-state index contributed by atoms with van der Waals surface area (Å²) in [4.78, 5) is 14.0. The fourth-order valence-electron chi connectivity index (χ4n) is 1.86. The van der Waals surface area contributed by atoms with E-state index in [2.05, 4.69) is 21.2 Å². The lowest BCUT2D eigenvalue weighted by atomic mass is 10.1. The number of benzene rings is 1. The smallest absolute Gasteiger partial charge is 0.254 e. The second-order valence-corrected chi connectivity index (χ2v) is 4.89. The van der Waals surface area contributed by atoms with E-state index < -0.39 is 5.82 Å². The third-order valence-electron chi connectivity index (χ3n) is 2.97. The van der Waals surface area contributed by atoms with Crippen molar-refractivity contribution in [2.24, 2.45) is 0 Å². The van der Waals surface area contributed by atoms with Crippen molar-refractivity contribution in [3.63, 3.8) is 0 Å². The Hall–Kier alpha value is -0.940. The molecule has 0 atom stereocenters. The van der Waals surface area contributed by atoms with E-state index >= 15 is 0 Å². The predicted molar refractivity (Wildman–Crippen MR) is 67.5 cm³/mol. The molecule has 0 aromatic heterocycles. The Morgan fingerprint density at radius 1 is 1.59 bits per heavy atom. The molecule has 2 rings (SSSR count). The second kappa shape index (κ2) is 5.14. The van der Waals surface area contributed by atoms with Gasteiger partial charge in [-0.3, -0.25) is 4.79 Å². The van der Waals surface area contributed by atoms with Gasteiger partial charge in [-0.15, -0.1) is 0 Å². The normalized spacial score (nSPS) is 15.5. The highest BCUT2D eigenvalue weighted by molar-refractivity contribution is 9.10. The summed E-state index contributed by atoms with van der Waals surface area (Å²) in [7, 11) is 0. The average molecular weight is 301 g/mol. The number of halogens is 2. The molecule has 1 N–H and O–H groups in total. The van der Waals surface area contributed by atoms with Crippen molar-refractivity contribution in [2.75, 3.05) is 19.6 Å². The zero-order chi connectivity index (χ0) is 12.4. The SMILES string of the molecule is CCN(C(=O)c1ccc(Br)c(F)c1)C1CNC1. The van der Waals surface area contributed by atoms with Crippen LogP contribution in [0.4, 0.5) is 4.39 Å². The number of amides is 1. The van der Waals surface area contributed by atoms with E-state index in [9.17, 15) is 9.18 Å². The average Bonchev–Trinajstić information content (AvgIpc) is 2.26. The van der Waals surface area contributed by atoms with Gasteiger partial charge in [-0.2, -0.15) is 0 Å². The number of nitrogens with zero attached hydrogens (tertiary/aromatic N) is 1. The van der Waals surface area contributed by atoms with Crippen LogP contribution in [-0.2, 0) is 0 Å². The summed E-state index contributed by atoms with van der Waals surface area (Å²) in [6.07, 6.45) is 0. The van der Waals surface area contributed by atoms with Gasteiger partial charge in [0.1, 0.15) is 5.82 Å². The number of carbonyl (C=O) groups excluding carboxylic acids is 1. The molecular formula is C12H14BrFN2O. The third kappa shape index (κ3) is 2.50. The van der Waals surface area contributed by atoms with Gasteiger partial charge >= 0.3 is 0 Å². The van der Waals surface area contributed by atoms with Gasteiger partial charge in [-0.25, -0.2) is 4.39 Å². The van der Waals surface area contributed by atoms with Crippen LogP contribution >= 0.6 is 15.9 Å². The van der Waals surface area contributed by atoms with Gasteiger partial charge in [0.25, 0.3) is 5.91 Å². The molecule has 0 radical (unpaired) electrons. The van der Waals surface area contributed by atoms with E-state index in [4.69, 9.17) is 0 Å². The molecule has 0 spiro atoms. The quantitative estimate of drug-likeness (QED) is 0.926. The number of nitrogens with one attached hydrogen (secondary N) is 1. The summed E-state index contributed by atoms with van der Waals surface area (Å²) >= 11 is 3.08. The highest BCUT2D eigenvalue weighted by atomic mass is 79.9. The standard InChI is InChI=1S/C12H14BrFN2O/c1-2-16(9-6-15-7-9)12(17)8-3-4-10(13)11(14)5-8/h3-5,9,15H,2,6-7H2,1H3. The summed E-state index contributed by atoms with van der Waals surface area (Å²) in [5, 5.41) is 3.13. The first-order chi connectivity index (χ1) is 8.13. The molecule has 3 nitrogen and oxygen atoms in total. The Kier molecular flexibility index (Phi) is 3.79. The van der Waals surface area contributed by atoms with Crippen molar-refractivity contribution in [3.05, 3.63) is 34.1 Å². The van der Waals surface area contributed by atoms with E-state index in [-0.39, 0.29) is 11.9 Å². The molecule has 5 heteroatoms. The lowest BCUT2D eigenvalue weighted by molar-refractivity contribution is 0.0629. The second-order valence-electron chi connectivity index (χ2n) is 4.03. The lowest BCUT2D eigenvalue weighted by Gasteiger charge is -2.37. The molecule has 0 unspecified atom stereocenters. The summed E-state index contributed by atoms with van der Waals surface area (Å²) < 4.78 is 13.8. The lowest BCUT2D eigenvalue weighted by Crippen LogP contribution is -2.58.